The molecule has 1 heterocycles. The number of anilines is 1. The fourth-order valence-corrected chi connectivity index (χ4v) is 2.16. The summed E-state index contributed by atoms with van der Waals surface area (Å²) in [4.78, 5) is 26.0. The average molecular weight is 313 g/mol. The Kier molecular flexibility index (Phi) is 4.01. The van der Waals surface area contributed by atoms with Gasteiger partial charge in [0.25, 0.3) is 5.91 Å². The molecule has 0 unspecified atom stereocenters. The normalized spacial score (nSPS) is 10.3. The molecule has 3 N–H and O–H groups in total. The Morgan fingerprint density at radius 2 is 2.00 bits per heavy atom. The van der Waals surface area contributed by atoms with Crippen molar-refractivity contribution in [3.63, 3.8) is 0 Å². The maximum atomic E-state index is 12.1. The third-order valence-electron chi connectivity index (χ3n) is 2.74. The topological polar surface area (TPSA) is 82.2 Å². The van der Waals surface area contributed by atoms with E-state index in [1.165, 1.54) is 12.3 Å². The summed E-state index contributed by atoms with van der Waals surface area (Å²) in [5.41, 5.74) is 0.812. The number of benzene rings is 1. The molecular weight excluding hydrogens is 303 g/mol. The quantitative estimate of drug-likeness (QED) is 0.810. The molecule has 0 fully saturated rings. The number of aromatic amines is 1. The number of halogens is 2. The van der Waals surface area contributed by atoms with E-state index in [2.05, 4.69) is 10.3 Å². The molecule has 1 amide bonds. The third kappa shape index (κ3) is 2.64. The minimum absolute atomic E-state index is 0.0106. The lowest BCUT2D eigenvalue weighted by Crippen LogP contribution is -2.14. The van der Waals surface area contributed by atoms with Gasteiger partial charge >= 0.3 is 5.97 Å². The van der Waals surface area contributed by atoms with Gasteiger partial charge in [-0.3, -0.25) is 4.79 Å². The van der Waals surface area contributed by atoms with Gasteiger partial charge in [0.15, 0.2) is 0 Å². The number of hydrogen-bond donors (Lipinski definition) is 3. The molecule has 0 saturated carbocycles. The molecule has 2 rings (SSSR count). The first kappa shape index (κ1) is 14.4. The molecule has 0 spiro atoms. The number of carboxylic acids is 1. The molecule has 0 atom stereocenters. The Balaban J connectivity index is 2.33. The number of carboxylic acid groups (broad SMARTS) is 1. The van der Waals surface area contributed by atoms with Crippen molar-refractivity contribution < 1.29 is 14.7 Å². The van der Waals surface area contributed by atoms with E-state index >= 15 is 0 Å². The van der Waals surface area contributed by atoms with E-state index in [1.807, 2.05) is 0 Å². The predicted molar refractivity (Wildman–Crippen MR) is 76.9 cm³/mol. The van der Waals surface area contributed by atoms with E-state index in [-0.39, 0.29) is 26.9 Å². The van der Waals surface area contributed by atoms with Crippen LogP contribution in [0.15, 0.2) is 24.4 Å². The van der Waals surface area contributed by atoms with Crippen molar-refractivity contribution in [3.05, 3.63) is 51.3 Å². The van der Waals surface area contributed by atoms with E-state index in [0.29, 0.717) is 5.69 Å². The van der Waals surface area contributed by atoms with Gasteiger partial charge in [0.1, 0.15) is 5.56 Å². The number of aromatic carboxylic acids is 1. The molecule has 2 aromatic rings. The first-order chi connectivity index (χ1) is 9.41. The first-order valence-electron chi connectivity index (χ1n) is 5.58. The van der Waals surface area contributed by atoms with Crippen LogP contribution in [0.4, 0.5) is 5.69 Å². The van der Waals surface area contributed by atoms with Crippen LogP contribution in [0.1, 0.15) is 26.4 Å². The number of aryl methyl sites for hydroxylation is 1. The van der Waals surface area contributed by atoms with Crippen LogP contribution in [0.2, 0.25) is 10.0 Å². The van der Waals surface area contributed by atoms with Crippen molar-refractivity contribution in [2.75, 3.05) is 5.32 Å². The van der Waals surface area contributed by atoms with Gasteiger partial charge in [0, 0.05) is 11.9 Å². The van der Waals surface area contributed by atoms with E-state index < -0.39 is 11.9 Å². The van der Waals surface area contributed by atoms with Gasteiger partial charge < -0.3 is 15.4 Å². The van der Waals surface area contributed by atoms with Gasteiger partial charge in [-0.15, -0.1) is 0 Å². The Labute approximate surface area is 124 Å². The lowest BCUT2D eigenvalue weighted by molar-refractivity contribution is 0.0697. The van der Waals surface area contributed by atoms with Crippen LogP contribution in [0.3, 0.4) is 0 Å². The largest absolute Gasteiger partial charge is 0.478 e. The van der Waals surface area contributed by atoms with E-state index in [4.69, 9.17) is 28.3 Å². The molecule has 1 aromatic carbocycles. The van der Waals surface area contributed by atoms with Crippen LogP contribution >= 0.6 is 23.2 Å². The van der Waals surface area contributed by atoms with Gasteiger partial charge in [-0.05, 0) is 19.1 Å². The van der Waals surface area contributed by atoms with Crippen LogP contribution in [-0.2, 0) is 0 Å². The molecule has 1 aromatic heterocycles. The maximum Gasteiger partial charge on any atom is 0.339 e. The van der Waals surface area contributed by atoms with Gasteiger partial charge in [-0.25, -0.2) is 4.79 Å². The van der Waals surface area contributed by atoms with Crippen molar-refractivity contribution in [1.29, 1.82) is 0 Å². The number of carbonyl (C=O) groups is 2. The molecule has 0 aliphatic heterocycles. The summed E-state index contributed by atoms with van der Waals surface area (Å²) >= 11 is 11.8. The van der Waals surface area contributed by atoms with Crippen molar-refractivity contribution in [3.8, 4) is 0 Å². The van der Waals surface area contributed by atoms with E-state index in [1.54, 1.807) is 19.1 Å². The lowest BCUT2D eigenvalue weighted by atomic mass is 10.2. The fraction of sp³-hybridized carbons (Fsp3) is 0.0769. The number of carbonyl (C=O) groups excluding carboxylic acids is 1. The first-order valence-corrected chi connectivity index (χ1v) is 6.34. The molecular formula is C13H10Cl2N2O3. The zero-order valence-electron chi connectivity index (χ0n) is 10.3. The van der Waals surface area contributed by atoms with Crippen LogP contribution in [0.5, 0.6) is 0 Å². The number of nitrogens with one attached hydrogen (secondary N) is 2. The second-order valence-corrected chi connectivity index (χ2v) is 4.85. The highest BCUT2D eigenvalue weighted by atomic mass is 35.5. The molecule has 7 heteroatoms. The number of aromatic nitrogens is 1. The Morgan fingerprint density at radius 1 is 1.30 bits per heavy atom. The van der Waals surface area contributed by atoms with E-state index in [9.17, 15) is 9.59 Å². The molecule has 104 valence electrons. The molecule has 0 aliphatic carbocycles. The monoisotopic (exact) mass is 312 g/mol. The zero-order chi connectivity index (χ0) is 14.9. The Bertz CT molecular complexity index is 695. The van der Waals surface area contributed by atoms with Crippen LogP contribution in [0.25, 0.3) is 0 Å². The summed E-state index contributed by atoms with van der Waals surface area (Å²) in [5.74, 6) is -1.66. The highest BCUT2D eigenvalue weighted by Gasteiger charge is 2.19. The number of amides is 1. The van der Waals surface area contributed by atoms with Crippen LogP contribution in [0, 0.1) is 6.92 Å². The number of hydrogen-bond acceptors (Lipinski definition) is 2. The van der Waals surface area contributed by atoms with Gasteiger partial charge in [0.2, 0.25) is 0 Å². The molecule has 0 aliphatic rings. The molecule has 5 nitrogen and oxygen atoms in total. The summed E-state index contributed by atoms with van der Waals surface area (Å²) in [6, 6.07) is 4.65. The summed E-state index contributed by atoms with van der Waals surface area (Å²) in [7, 11) is 0. The second-order valence-electron chi connectivity index (χ2n) is 4.06. The second kappa shape index (κ2) is 5.56. The molecule has 0 radical (unpaired) electrons. The van der Waals surface area contributed by atoms with E-state index in [0.717, 1.165) is 0 Å². The summed E-state index contributed by atoms with van der Waals surface area (Å²) in [5, 5.41) is 12.0. The minimum atomic E-state index is -1.13. The maximum absolute atomic E-state index is 12.1. The number of rotatable bonds is 3. The molecule has 0 saturated heterocycles. The standard InChI is InChI=1S/C13H10Cl2N2O3/c1-6-10(13(19)20)9(5-16-6)17-12(18)7-3-2-4-8(14)11(7)15/h2-5,16H,1H3,(H,17,18)(H,19,20). The summed E-state index contributed by atoms with van der Waals surface area (Å²) < 4.78 is 0. The van der Waals surface area contributed by atoms with Gasteiger partial charge in [-0.2, -0.15) is 0 Å². The highest BCUT2D eigenvalue weighted by Crippen LogP contribution is 2.27. The summed E-state index contributed by atoms with van der Waals surface area (Å²) in [6.45, 7) is 1.60. The minimum Gasteiger partial charge on any atom is -0.478 e. The lowest BCUT2D eigenvalue weighted by Gasteiger charge is -2.07. The highest BCUT2D eigenvalue weighted by molar-refractivity contribution is 6.44. The summed E-state index contributed by atoms with van der Waals surface area (Å²) in [6.07, 6.45) is 1.41. The predicted octanol–water partition coefficient (Wildman–Crippen LogP) is 3.58. The molecule has 0 bridgehead atoms. The number of H-pyrrole nitrogens is 1. The van der Waals surface area contributed by atoms with Crippen molar-refractivity contribution in [1.82, 2.24) is 4.98 Å². The van der Waals surface area contributed by atoms with Gasteiger partial charge in [0.05, 0.1) is 21.3 Å². The Hall–Kier alpha value is -1.98. The zero-order valence-corrected chi connectivity index (χ0v) is 11.8. The molecule has 20 heavy (non-hydrogen) atoms. The van der Waals surface area contributed by atoms with Crippen molar-refractivity contribution >= 4 is 40.8 Å². The van der Waals surface area contributed by atoms with Crippen molar-refractivity contribution in [2.24, 2.45) is 0 Å². The van der Waals surface area contributed by atoms with Crippen LogP contribution in [-0.4, -0.2) is 22.0 Å². The smallest absolute Gasteiger partial charge is 0.339 e. The van der Waals surface area contributed by atoms with Crippen molar-refractivity contribution in [2.45, 2.75) is 6.92 Å². The average Bonchev–Trinajstić information content (AvgIpc) is 2.73. The van der Waals surface area contributed by atoms with Crippen LogP contribution < -0.4 is 5.32 Å². The Morgan fingerprint density at radius 3 is 2.65 bits per heavy atom. The third-order valence-corrected chi connectivity index (χ3v) is 3.55. The SMILES string of the molecule is Cc1[nH]cc(NC(=O)c2cccc(Cl)c2Cl)c1C(=O)O. The fourth-order valence-electron chi connectivity index (χ4n) is 1.77. The van der Waals surface area contributed by atoms with Gasteiger partial charge in [-0.1, -0.05) is 29.3 Å².